The third-order valence-electron chi connectivity index (χ3n) is 3.53. The highest BCUT2D eigenvalue weighted by Crippen LogP contribution is 2.22. The van der Waals surface area contributed by atoms with Crippen LogP contribution in [0.25, 0.3) is 0 Å². The van der Waals surface area contributed by atoms with E-state index in [4.69, 9.17) is 0 Å². The van der Waals surface area contributed by atoms with Gasteiger partial charge in [-0.25, -0.2) is 0 Å². The van der Waals surface area contributed by atoms with E-state index in [0.717, 1.165) is 24.0 Å². The van der Waals surface area contributed by atoms with Crippen LogP contribution in [0, 0.1) is 11.3 Å². The fourth-order valence-corrected chi connectivity index (χ4v) is 2.39. The van der Waals surface area contributed by atoms with Gasteiger partial charge in [-0.05, 0) is 17.5 Å². The van der Waals surface area contributed by atoms with Crippen LogP contribution >= 0.6 is 0 Å². The summed E-state index contributed by atoms with van der Waals surface area (Å²) in [6.07, 6.45) is 6.13. The van der Waals surface area contributed by atoms with Crippen molar-refractivity contribution < 1.29 is 0 Å². The first kappa shape index (κ1) is 16.0. The Balaban J connectivity index is 2.24. The van der Waals surface area contributed by atoms with Crippen LogP contribution in [0.4, 0.5) is 0 Å². The lowest BCUT2D eigenvalue weighted by atomic mass is 9.98. The second kappa shape index (κ2) is 8.81. The van der Waals surface area contributed by atoms with Gasteiger partial charge in [0.1, 0.15) is 6.04 Å². The molecule has 0 fully saturated rings. The highest BCUT2D eigenvalue weighted by atomic mass is 14.9. The SMILES string of the molecule is CCCC=C[C@H](C#N)NC(c1ccccc1)c1ccccc1. The molecule has 0 radical (unpaired) electrons. The molecule has 2 nitrogen and oxygen atoms in total. The van der Waals surface area contributed by atoms with E-state index in [2.05, 4.69) is 48.7 Å². The third-order valence-corrected chi connectivity index (χ3v) is 3.53. The number of nitriles is 1. The first-order valence-electron chi connectivity index (χ1n) is 7.77. The molecule has 0 heterocycles. The molecule has 112 valence electrons. The Morgan fingerprint density at radius 2 is 1.55 bits per heavy atom. The molecular weight excluding hydrogens is 268 g/mol. The Hall–Kier alpha value is -2.37. The maximum atomic E-state index is 9.40. The summed E-state index contributed by atoms with van der Waals surface area (Å²) in [7, 11) is 0. The zero-order chi connectivity index (χ0) is 15.6. The molecule has 0 aliphatic rings. The van der Waals surface area contributed by atoms with E-state index < -0.39 is 0 Å². The molecule has 1 N–H and O–H groups in total. The Morgan fingerprint density at radius 1 is 1.00 bits per heavy atom. The number of nitrogens with zero attached hydrogens (tertiary/aromatic N) is 1. The van der Waals surface area contributed by atoms with E-state index in [-0.39, 0.29) is 12.1 Å². The fraction of sp³-hybridized carbons (Fsp3) is 0.250. The number of hydrogen-bond acceptors (Lipinski definition) is 2. The molecule has 2 aromatic carbocycles. The molecule has 0 spiro atoms. The highest BCUT2D eigenvalue weighted by Gasteiger charge is 2.16. The molecule has 2 heteroatoms. The Morgan fingerprint density at radius 3 is 2.00 bits per heavy atom. The predicted octanol–water partition coefficient (Wildman–Crippen LogP) is 4.61. The predicted molar refractivity (Wildman–Crippen MR) is 91.3 cm³/mol. The minimum Gasteiger partial charge on any atom is -0.288 e. The molecule has 0 unspecified atom stereocenters. The van der Waals surface area contributed by atoms with Gasteiger partial charge in [0.05, 0.1) is 12.1 Å². The average molecular weight is 290 g/mol. The van der Waals surface area contributed by atoms with Gasteiger partial charge >= 0.3 is 0 Å². The average Bonchev–Trinajstić information content (AvgIpc) is 2.59. The maximum absolute atomic E-state index is 9.40. The van der Waals surface area contributed by atoms with Crippen LogP contribution in [-0.2, 0) is 0 Å². The van der Waals surface area contributed by atoms with Crippen molar-refractivity contribution in [3.63, 3.8) is 0 Å². The van der Waals surface area contributed by atoms with Crippen molar-refractivity contribution in [1.82, 2.24) is 5.32 Å². The van der Waals surface area contributed by atoms with Gasteiger partial charge in [-0.2, -0.15) is 5.26 Å². The van der Waals surface area contributed by atoms with Gasteiger partial charge in [-0.3, -0.25) is 5.32 Å². The molecule has 0 saturated heterocycles. The Kier molecular flexibility index (Phi) is 6.41. The van der Waals surface area contributed by atoms with Gasteiger partial charge in [0, 0.05) is 0 Å². The smallest absolute Gasteiger partial charge is 0.115 e. The Labute approximate surface area is 133 Å². The number of rotatable bonds is 7. The monoisotopic (exact) mass is 290 g/mol. The summed E-state index contributed by atoms with van der Waals surface area (Å²) in [5.74, 6) is 0. The van der Waals surface area contributed by atoms with Crippen molar-refractivity contribution in [2.75, 3.05) is 0 Å². The normalized spacial score (nSPS) is 12.4. The summed E-state index contributed by atoms with van der Waals surface area (Å²) in [4.78, 5) is 0. The first-order chi connectivity index (χ1) is 10.8. The van der Waals surface area contributed by atoms with Gasteiger partial charge in [-0.1, -0.05) is 86.2 Å². The van der Waals surface area contributed by atoms with Gasteiger partial charge in [0.25, 0.3) is 0 Å². The van der Waals surface area contributed by atoms with Crippen LogP contribution in [0.15, 0.2) is 72.8 Å². The van der Waals surface area contributed by atoms with E-state index in [9.17, 15) is 5.26 Å². The maximum Gasteiger partial charge on any atom is 0.115 e. The van der Waals surface area contributed by atoms with Crippen LogP contribution in [0.1, 0.15) is 36.9 Å². The molecule has 2 rings (SSSR count). The van der Waals surface area contributed by atoms with Gasteiger partial charge < -0.3 is 0 Å². The summed E-state index contributed by atoms with van der Waals surface area (Å²) in [6, 6.07) is 22.6. The number of nitrogens with one attached hydrogen (secondary N) is 1. The summed E-state index contributed by atoms with van der Waals surface area (Å²) >= 11 is 0. The van der Waals surface area contributed by atoms with Crippen molar-refractivity contribution in [2.24, 2.45) is 0 Å². The van der Waals surface area contributed by atoms with Crippen LogP contribution in [-0.4, -0.2) is 6.04 Å². The van der Waals surface area contributed by atoms with E-state index in [1.54, 1.807) is 0 Å². The third kappa shape index (κ3) is 4.58. The van der Waals surface area contributed by atoms with E-state index in [1.165, 1.54) is 0 Å². The molecule has 0 amide bonds. The largest absolute Gasteiger partial charge is 0.288 e. The molecule has 22 heavy (non-hydrogen) atoms. The van der Waals surface area contributed by atoms with Crippen molar-refractivity contribution in [3.8, 4) is 6.07 Å². The van der Waals surface area contributed by atoms with Crippen molar-refractivity contribution in [3.05, 3.63) is 83.9 Å². The number of allylic oxidation sites excluding steroid dienone is 1. The molecule has 1 atom stereocenters. The number of benzene rings is 2. The van der Waals surface area contributed by atoms with E-state index in [1.807, 2.05) is 42.5 Å². The topological polar surface area (TPSA) is 35.8 Å². The molecular formula is C20H22N2. The lowest BCUT2D eigenvalue weighted by Gasteiger charge is -2.21. The van der Waals surface area contributed by atoms with Gasteiger partial charge in [0.2, 0.25) is 0 Å². The fourth-order valence-electron chi connectivity index (χ4n) is 2.39. The second-order valence-electron chi connectivity index (χ2n) is 5.24. The number of unbranched alkanes of at least 4 members (excludes halogenated alkanes) is 1. The quantitative estimate of drug-likeness (QED) is 0.756. The van der Waals surface area contributed by atoms with E-state index >= 15 is 0 Å². The summed E-state index contributed by atoms with van der Waals surface area (Å²) in [6.45, 7) is 2.13. The lowest BCUT2D eigenvalue weighted by molar-refractivity contribution is 0.598. The minimum atomic E-state index is -0.294. The second-order valence-corrected chi connectivity index (χ2v) is 5.24. The molecule has 0 aliphatic heterocycles. The van der Waals surface area contributed by atoms with Crippen molar-refractivity contribution in [1.29, 1.82) is 5.26 Å². The van der Waals surface area contributed by atoms with Crippen molar-refractivity contribution >= 4 is 0 Å². The minimum absolute atomic E-state index is 0.0123. The zero-order valence-electron chi connectivity index (χ0n) is 12.9. The van der Waals surface area contributed by atoms with Crippen LogP contribution in [0.3, 0.4) is 0 Å². The van der Waals surface area contributed by atoms with Crippen LogP contribution in [0.5, 0.6) is 0 Å². The zero-order valence-corrected chi connectivity index (χ0v) is 12.9. The molecule has 0 aromatic heterocycles. The summed E-state index contributed by atoms with van der Waals surface area (Å²) < 4.78 is 0. The number of hydrogen-bond donors (Lipinski definition) is 1. The standard InChI is InChI=1S/C20H22N2/c1-2-3-6-15-19(16-21)22-20(17-11-7-4-8-12-17)18-13-9-5-10-14-18/h4-15,19-20,22H,2-3H2,1H3/t19-/m1/s1. The highest BCUT2D eigenvalue weighted by molar-refractivity contribution is 5.32. The van der Waals surface area contributed by atoms with Gasteiger partial charge in [-0.15, -0.1) is 0 Å². The lowest BCUT2D eigenvalue weighted by Crippen LogP contribution is -2.31. The van der Waals surface area contributed by atoms with E-state index in [0.29, 0.717) is 0 Å². The summed E-state index contributed by atoms with van der Waals surface area (Å²) in [5, 5.41) is 12.9. The van der Waals surface area contributed by atoms with Crippen molar-refractivity contribution in [2.45, 2.75) is 31.8 Å². The van der Waals surface area contributed by atoms with Crippen LogP contribution in [0.2, 0.25) is 0 Å². The molecule has 0 aliphatic carbocycles. The molecule has 2 aromatic rings. The van der Waals surface area contributed by atoms with Gasteiger partial charge in [0.15, 0.2) is 0 Å². The van der Waals surface area contributed by atoms with Crippen LogP contribution < -0.4 is 5.32 Å². The first-order valence-corrected chi connectivity index (χ1v) is 7.77. The summed E-state index contributed by atoms with van der Waals surface area (Å²) in [5.41, 5.74) is 2.33. The molecule has 0 bridgehead atoms. The molecule has 0 saturated carbocycles. The Bertz CT molecular complexity index is 572.